The zero-order valence-electron chi connectivity index (χ0n) is 15.4. The molecule has 2 aromatic rings. The Morgan fingerprint density at radius 1 is 1.04 bits per heavy atom. The second-order valence-corrected chi connectivity index (χ2v) is 5.69. The van der Waals surface area contributed by atoms with Crippen molar-refractivity contribution in [3.8, 4) is 11.5 Å². The average molecular weight is 371 g/mol. The Bertz CT molecular complexity index is 815. The first-order valence-electron chi connectivity index (χ1n) is 8.28. The fourth-order valence-corrected chi connectivity index (χ4v) is 2.20. The van der Waals surface area contributed by atoms with Crippen molar-refractivity contribution in [1.29, 1.82) is 0 Å². The number of amides is 1. The Hall–Kier alpha value is -3.35. The lowest BCUT2D eigenvalue weighted by molar-refractivity contribution is -0.155. The quantitative estimate of drug-likeness (QED) is 0.567. The van der Waals surface area contributed by atoms with Crippen LogP contribution in [0.15, 0.2) is 48.5 Å². The van der Waals surface area contributed by atoms with Gasteiger partial charge in [0.05, 0.1) is 12.8 Å². The van der Waals surface area contributed by atoms with Gasteiger partial charge in [-0.3, -0.25) is 9.59 Å². The van der Waals surface area contributed by atoms with Crippen LogP contribution in [0.5, 0.6) is 11.5 Å². The minimum absolute atomic E-state index is 0.0594. The smallest absolute Gasteiger partial charge is 0.344 e. The van der Waals surface area contributed by atoms with E-state index in [-0.39, 0.29) is 12.4 Å². The van der Waals surface area contributed by atoms with Crippen LogP contribution in [0.2, 0.25) is 0 Å². The number of para-hydroxylation sites is 2. The summed E-state index contributed by atoms with van der Waals surface area (Å²) < 4.78 is 15.5. The second kappa shape index (κ2) is 9.38. The summed E-state index contributed by atoms with van der Waals surface area (Å²) in [6, 6.07) is 13.3. The van der Waals surface area contributed by atoms with Crippen molar-refractivity contribution in [2.24, 2.45) is 0 Å². The maximum atomic E-state index is 12.2. The number of hydrogen-bond acceptors (Lipinski definition) is 6. The minimum Gasteiger partial charge on any atom is -0.495 e. The van der Waals surface area contributed by atoms with Gasteiger partial charge in [-0.1, -0.05) is 12.1 Å². The van der Waals surface area contributed by atoms with Crippen LogP contribution < -0.4 is 14.8 Å². The number of methoxy groups -OCH3 is 1. The molecule has 0 aliphatic heterocycles. The van der Waals surface area contributed by atoms with Crippen molar-refractivity contribution >= 4 is 23.3 Å². The Morgan fingerprint density at radius 3 is 2.33 bits per heavy atom. The van der Waals surface area contributed by atoms with E-state index in [4.69, 9.17) is 14.2 Å². The second-order valence-electron chi connectivity index (χ2n) is 5.69. The van der Waals surface area contributed by atoms with E-state index in [1.165, 1.54) is 21.0 Å². The molecule has 2 rings (SSSR count). The molecule has 1 amide bonds. The number of benzene rings is 2. The molecule has 0 bridgehead atoms. The zero-order chi connectivity index (χ0) is 19.8. The molecule has 0 spiro atoms. The number of Topliss-reactive ketones (excluding diaryl/α,β-unsaturated/α-hetero) is 1. The number of carbonyl (C=O) groups excluding carboxylic acids is 3. The SMILES string of the molecule is COc1ccccc1NC(=O)[C@@H](C)OC(=O)COc1ccc(C(C)=O)cc1. The van der Waals surface area contributed by atoms with Gasteiger partial charge in [0.15, 0.2) is 18.5 Å². The third-order valence-corrected chi connectivity index (χ3v) is 3.66. The number of carbonyl (C=O) groups is 3. The number of ether oxygens (including phenoxy) is 3. The highest BCUT2D eigenvalue weighted by Crippen LogP contribution is 2.23. The molecule has 1 atom stereocenters. The van der Waals surface area contributed by atoms with Crippen molar-refractivity contribution in [3.05, 3.63) is 54.1 Å². The lowest BCUT2D eigenvalue weighted by Crippen LogP contribution is -2.31. The van der Waals surface area contributed by atoms with Gasteiger partial charge in [-0.15, -0.1) is 0 Å². The molecule has 0 unspecified atom stereocenters. The standard InChI is InChI=1S/C20H21NO6/c1-13(22)15-8-10-16(11-9-15)26-12-19(23)27-14(2)20(24)21-17-6-4-5-7-18(17)25-3/h4-11,14H,12H2,1-3H3,(H,21,24)/t14-/m1/s1. The minimum atomic E-state index is -1.01. The Balaban J connectivity index is 1.83. The van der Waals surface area contributed by atoms with Gasteiger partial charge in [-0.05, 0) is 50.2 Å². The van der Waals surface area contributed by atoms with E-state index in [9.17, 15) is 14.4 Å². The first-order chi connectivity index (χ1) is 12.9. The van der Waals surface area contributed by atoms with E-state index < -0.39 is 18.0 Å². The van der Waals surface area contributed by atoms with Gasteiger partial charge in [-0.2, -0.15) is 0 Å². The topological polar surface area (TPSA) is 90.9 Å². The summed E-state index contributed by atoms with van der Waals surface area (Å²) in [6.45, 7) is 2.57. The van der Waals surface area contributed by atoms with E-state index in [1.54, 1.807) is 48.5 Å². The summed E-state index contributed by atoms with van der Waals surface area (Å²) in [5.41, 5.74) is 1.03. The van der Waals surface area contributed by atoms with Gasteiger partial charge in [0, 0.05) is 5.56 Å². The van der Waals surface area contributed by atoms with Gasteiger partial charge in [0.25, 0.3) is 5.91 Å². The number of nitrogens with one attached hydrogen (secondary N) is 1. The highest BCUT2D eigenvalue weighted by Gasteiger charge is 2.19. The lowest BCUT2D eigenvalue weighted by Gasteiger charge is -2.15. The molecule has 0 aliphatic rings. The molecule has 142 valence electrons. The molecular formula is C20H21NO6. The van der Waals surface area contributed by atoms with Crippen LogP contribution >= 0.6 is 0 Å². The lowest BCUT2D eigenvalue weighted by atomic mass is 10.1. The van der Waals surface area contributed by atoms with E-state index in [1.807, 2.05) is 0 Å². The third-order valence-electron chi connectivity index (χ3n) is 3.66. The summed E-state index contributed by atoms with van der Waals surface area (Å²) in [5, 5.41) is 2.64. The first kappa shape index (κ1) is 20.0. The number of ketones is 1. The third kappa shape index (κ3) is 5.85. The summed E-state index contributed by atoms with van der Waals surface area (Å²) >= 11 is 0. The van der Waals surface area contributed by atoms with Crippen LogP contribution in [0.3, 0.4) is 0 Å². The highest BCUT2D eigenvalue weighted by atomic mass is 16.6. The van der Waals surface area contributed by atoms with E-state index in [0.29, 0.717) is 22.7 Å². The Kier molecular flexibility index (Phi) is 6.93. The maximum Gasteiger partial charge on any atom is 0.344 e. The number of rotatable bonds is 8. The van der Waals surface area contributed by atoms with Crippen molar-refractivity contribution in [3.63, 3.8) is 0 Å². The van der Waals surface area contributed by atoms with Crippen LogP contribution in [0.25, 0.3) is 0 Å². The molecule has 0 radical (unpaired) electrons. The van der Waals surface area contributed by atoms with E-state index in [0.717, 1.165) is 0 Å². The molecule has 2 aromatic carbocycles. The zero-order valence-corrected chi connectivity index (χ0v) is 15.4. The molecule has 0 saturated carbocycles. The molecule has 0 aliphatic carbocycles. The molecule has 27 heavy (non-hydrogen) atoms. The van der Waals surface area contributed by atoms with Gasteiger partial charge >= 0.3 is 5.97 Å². The van der Waals surface area contributed by atoms with Crippen LogP contribution in [-0.4, -0.2) is 37.5 Å². The highest BCUT2D eigenvalue weighted by molar-refractivity contribution is 5.96. The largest absolute Gasteiger partial charge is 0.495 e. The van der Waals surface area contributed by atoms with E-state index >= 15 is 0 Å². The van der Waals surface area contributed by atoms with Crippen molar-refractivity contribution in [2.45, 2.75) is 20.0 Å². The van der Waals surface area contributed by atoms with Crippen LogP contribution in [0.4, 0.5) is 5.69 Å². The molecular weight excluding hydrogens is 350 g/mol. The van der Waals surface area contributed by atoms with Crippen molar-refractivity contribution in [2.75, 3.05) is 19.0 Å². The average Bonchev–Trinajstić information content (AvgIpc) is 2.67. The number of anilines is 1. The van der Waals surface area contributed by atoms with Gasteiger partial charge in [-0.25, -0.2) is 4.79 Å². The van der Waals surface area contributed by atoms with E-state index in [2.05, 4.69) is 5.32 Å². The van der Waals surface area contributed by atoms with Crippen LogP contribution in [0.1, 0.15) is 24.2 Å². The van der Waals surface area contributed by atoms with Gasteiger partial charge < -0.3 is 19.5 Å². The maximum absolute atomic E-state index is 12.2. The Morgan fingerprint density at radius 2 is 1.70 bits per heavy atom. The predicted molar refractivity (Wildman–Crippen MR) is 99.1 cm³/mol. The fraction of sp³-hybridized carbons (Fsp3) is 0.250. The summed E-state index contributed by atoms with van der Waals surface area (Å²) in [6.07, 6.45) is -1.01. The summed E-state index contributed by atoms with van der Waals surface area (Å²) in [7, 11) is 1.49. The van der Waals surface area contributed by atoms with Gasteiger partial charge in [0.2, 0.25) is 0 Å². The first-order valence-corrected chi connectivity index (χ1v) is 8.28. The molecule has 0 aromatic heterocycles. The fourth-order valence-electron chi connectivity index (χ4n) is 2.20. The number of hydrogen-bond donors (Lipinski definition) is 1. The summed E-state index contributed by atoms with van der Waals surface area (Å²) in [5.74, 6) is -0.312. The predicted octanol–water partition coefficient (Wildman–Crippen LogP) is 2.85. The van der Waals surface area contributed by atoms with Crippen LogP contribution in [0, 0.1) is 0 Å². The molecule has 0 heterocycles. The molecule has 1 N–H and O–H groups in total. The molecule has 0 fully saturated rings. The van der Waals surface area contributed by atoms with Crippen LogP contribution in [-0.2, 0) is 14.3 Å². The van der Waals surface area contributed by atoms with Crippen molar-refractivity contribution in [1.82, 2.24) is 0 Å². The Labute approximate surface area is 157 Å². The summed E-state index contributed by atoms with van der Waals surface area (Å²) in [4.78, 5) is 35.3. The monoisotopic (exact) mass is 371 g/mol. The molecule has 7 heteroatoms. The van der Waals surface area contributed by atoms with Crippen molar-refractivity contribution < 1.29 is 28.6 Å². The molecule has 0 saturated heterocycles. The number of esters is 1. The normalized spacial score (nSPS) is 11.2. The van der Waals surface area contributed by atoms with Gasteiger partial charge in [0.1, 0.15) is 11.5 Å². The molecule has 7 nitrogen and oxygen atoms in total.